The van der Waals surface area contributed by atoms with E-state index in [1.165, 1.54) is 10.8 Å². The summed E-state index contributed by atoms with van der Waals surface area (Å²) in [5.41, 5.74) is 3.53. The molecular formula is C14H20Si. The van der Waals surface area contributed by atoms with Crippen LogP contribution in [-0.2, 0) is 6.42 Å². The molecule has 0 saturated heterocycles. The summed E-state index contributed by atoms with van der Waals surface area (Å²) in [5, 5.41) is 1.46. The number of hydrogen-bond acceptors (Lipinski definition) is 0. The highest BCUT2D eigenvalue weighted by Crippen LogP contribution is 2.07. The predicted octanol–water partition coefficient (Wildman–Crippen LogP) is 3.45. The zero-order valence-corrected chi connectivity index (χ0v) is 10.8. The Labute approximate surface area is 94.4 Å². The Morgan fingerprint density at radius 3 is 2.20 bits per heavy atom. The molecule has 15 heavy (non-hydrogen) atoms. The zero-order valence-electron chi connectivity index (χ0n) is 9.79. The highest BCUT2D eigenvalue weighted by Gasteiger charge is 2.18. The van der Waals surface area contributed by atoms with Gasteiger partial charge in [-0.2, -0.15) is 0 Å². The number of hydrogen-bond donors (Lipinski definition) is 0. The van der Waals surface area contributed by atoms with Crippen LogP contribution in [0.2, 0.25) is 13.1 Å². The van der Waals surface area contributed by atoms with E-state index < -0.39 is 8.07 Å². The SMILES string of the molecule is C=CCCc1ccc([Si](C)(C)C=C)cc1. The third kappa shape index (κ3) is 3.20. The van der Waals surface area contributed by atoms with Crippen LogP contribution in [0.15, 0.2) is 49.2 Å². The molecular weight excluding hydrogens is 196 g/mol. The Balaban J connectivity index is 2.80. The number of aryl methyl sites for hydroxylation is 1. The van der Waals surface area contributed by atoms with Gasteiger partial charge in [0.2, 0.25) is 0 Å². The molecule has 0 radical (unpaired) electrons. The molecule has 1 heteroatoms. The van der Waals surface area contributed by atoms with Gasteiger partial charge in [0.1, 0.15) is 8.07 Å². The molecule has 0 N–H and O–H groups in total. The van der Waals surface area contributed by atoms with Crippen molar-refractivity contribution in [1.29, 1.82) is 0 Å². The predicted molar refractivity (Wildman–Crippen MR) is 72.3 cm³/mol. The van der Waals surface area contributed by atoms with Crippen LogP contribution in [0.3, 0.4) is 0 Å². The molecule has 0 fully saturated rings. The molecule has 0 aromatic heterocycles. The van der Waals surface area contributed by atoms with Gasteiger partial charge in [-0.25, -0.2) is 0 Å². The fourth-order valence-electron chi connectivity index (χ4n) is 1.49. The van der Waals surface area contributed by atoms with E-state index in [4.69, 9.17) is 0 Å². The Bertz CT molecular complexity index is 333. The van der Waals surface area contributed by atoms with Crippen molar-refractivity contribution in [2.24, 2.45) is 0 Å². The normalized spacial score (nSPS) is 11.1. The molecule has 0 nitrogen and oxygen atoms in total. The van der Waals surface area contributed by atoms with Crippen LogP contribution in [0.25, 0.3) is 0 Å². The lowest BCUT2D eigenvalue weighted by Crippen LogP contribution is -2.39. The number of benzene rings is 1. The van der Waals surface area contributed by atoms with Gasteiger partial charge >= 0.3 is 0 Å². The fourth-order valence-corrected chi connectivity index (χ4v) is 2.75. The number of allylic oxidation sites excluding steroid dienone is 1. The lowest BCUT2D eigenvalue weighted by atomic mass is 10.1. The van der Waals surface area contributed by atoms with E-state index in [1.54, 1.807) is 0 Å². The summed E-state index contributed by atoms with van der Waals surface area (Å²) < 4.78 is 0. The molecule has 0 atom stereocenters. The van der Waals surface area contributed by atoms with E-state index in [1.807, 2.05) is 6.08 Å². The van der Waals surface area contributed by atoms with E-state index in [2.05, 4.69) is 56.2 Å². The van der Waals surface area contributed by atoms with Gasteiger partial charge in [-0.05, 0) is 18.4 Å². The minimum atomic E-state index is -1.36. The van der Waals surface area contributed by atoms with Crippen molar-refractivity contribution < 1.29 is 0 Å². The average molecular weight is 216 g/mol. The topological polar surface area (TPSA) is 0 Å². The summed E-state index contributed by atoms with van der Waals surface area (Å²) in [7, 11) is -1.36. The van der Waals surface area contributed by atoms with Gasteiger partial charge in [-0.1, -0.05) is 54.3 Å². The van der Waals surface area contributed by atoms with Gasteiger partial charge in [0.05, 0.1) is 0 Å². The lowest BCUT2D eigenvalue weighted by Gasteiger charge is -2.17. The second-order valence-electron chi connectivity index (χ2n) is 4.45. The van der Waals surface area contributed by atoms with E-state index in [9.17, 15) is 0 Å². The summed E-state index contributed by atoms with van der Waals surface area (Å²) in [5.74, 6) is 0. The second-order valence-corrected chi connectivity index (χ2v) is 8.88. The Morgan fingerprint density at radius 1 is 1.13 bits per heavy atom. The average Bonchev–Trinajstić information content (AvgIpc) is 2.27. The molecule has 0 spiro atoms. The highest BCUT2D eigenvalue weighted by molar-refractivity contribution is 6.93. The molecule has 1 rings (SSSR count). The standard InChI is InChI=1S/C14H20Si/c1-5-7-8-13-9-11-14(12-10-13)15(3,4)6-2/h5-6,9-12H,1-2,7-8H2,3-4H3. The van der Waals surface area contributed by atoms with Gasteiger partial charge in [0, 0.05) is 0 Å². The van der Waals surface area contributed by atoms with Gasteiger partial charge in [-0.3, -0.25) is 0 Å². The Hall–Kier alpha value is -1.08. The van der Waals surface area contributed by atoms with Gasteiger partial charge in [-0.15, -0.1) is 13.2 Å². The third-order valence-electron chi connectivity index (χ3n) is 2.85. The van der Waals surface area contributed by atoms with Gasteiger partial charge in [0.15, 0.2) is 0 Å². The maximum atomic E-state index is 3.93. The molecule has 80 valence electrons. The van der Waals surface area contributed by atoms with Crippen molar-refractivity contribution in [3.8, 4) is 0 Å². The van der Waals surface area contributed by atoms with Crippen molar-refractivity contribution in [2.75, 3.05) is 0 Å². The third-order valence-corrected chi connectivity index (χ3v) is 5.69. The zero-order chi connectivity index (χ0) is 11.3. The van der Waals surface area contributed by atoms with E-state index >= 15 is 0 Å². The second kappa shape index (κ2) is 5.13. The first-order valence-electron chi connectivity index (χ1n) is 5.44. The van der Waals surface area contributed by atoms with Crippen molar-refractivity contribution in [2.45, 2.75) is 25.9 Å². The van der Waals surface area contributed by atoms with Gasteiger partial charge in [0.25, 0.3) is 0 Å². The molecule has 1 aromatic rings. The maximum absolute atomic E-state index is 3.93. The summed E-state index contributed by atoms with van der Waals surface area (Å²) >= 11 is 0. The fraction of sp³-hybridized carbons (Fsp3) is 0.286. The Kier molecular flexibility index (Phi) is 4.10. The largest absolute Gasteiger partial charge is 0.107 e. The van der Waals surface area contributed by atoms with Crippen LogP contribution < -0.4 is 5.19 Å². The van der Waals surface area contributed by atoms with Crippen molar-refractivity contribution in [3.63, 3.8) is 0 Å². The molecule has 0 aliphatic heterocycles. The molecule has 0 bridgehead atoms. The smallest absolute Gasteiger partial charge is 0.103 e. The minimum absolute atomic E-state index is 1.06. The van der Waals surface area contributed by atoms with Crippen LogP contribution in [0.5, 0.6) is 0 Å². The summed E-state index contributed by atoms with van der Waals surface area (Å²) in [6, 6.07) is 8.98. The van der Waals surface area contributed by atoms with E-state index in [0.29, 0.717) is 0 Å². The minimum Gasteiger partial charge on any atom is -0.107 e. The molecule has 0 heterocycles. The van der Waals surface area contributed by atoms with Crippen molar-refractivity contribution >= 4 is 13.3 Å². The maximum Gasteiger partial charge on any atom is 0.103 e. The molecule has 0 saturated carbocycles. The first-order valence-corrected chi connectivity index (χ1v) is 8.52. The molecule has 1 aromatic carbocycles. The first kappa shape index (κ1) is 12.0. The van der Waals surface area contributed by atoms with Crippen LogP contribution >= 0.6 is 0 Å². The van der Waals surface area contributed by atoms with Crippen LogP contribution in [0, 0.1) is 0 Å². The van der Waals surface area contributed by atoms with Gasteiger partial charge < -0.3 is 0 Å². The Morgan fingerprint density at radius 2 is 1.73 bits per heavy atom. The number of rotatable bonds is 5. The van der Waals surface area contributed by atoms with Crippen LogP contribution in [-0.4, -0.2) is 8.07 Å². The van der Waals surface area contributed by atoms with Crippen molar-refractivity contribution in [3.05, 3.63) is 54.8 Å². The molecule has 0 aliphatic rings. The summed E-state index contributed by atoms with van der Waals surface area (Å²) in [6.45, 7) is 12.3. The molecule has 0 amide bonds. The van der Waals surface area contributed by atoms with E-state index in [-0.39, 0.29) is 0 Å². The first-order chi connectivity index (χ1) is 7.10. The van der Waals surface area contributed by atoms with Crippen LogP contribution in [0.1, 0.15) is 12.0 Å². The highest BCUT2D eigenvalue weighted by atomic mass is 28.3. The quantitative estimate of drug-likeness (QED) is 0.522. The molecule has 0 unspecified atom stereocenters. The van der Waals surface area contributed by atoms with Crippen LogP contribution in [0.4, 0.5) is 0 Å². The molecule has 0 aliphatic carbocycles. The summed E-state index contributed by atoms with van der Waals surface area (Å²) in [6.07, 6.45) is 4.12. The monoisotopic (exact) mass is 216 g/mol. The van der Waals surface area contributed by atoms with E-state index in [0.717, 1.165) is 12.8 Å². The van der Waals surface area contributed by atoms with Crippen molar-refractivity contribution in [1.82, 2.24) is 0 Å². The summed E-state index contributed by atoms with van der Waals surface area (Å²) in [4.78, 5) is 0. The lowest BCUT2D eigenvalue weighted by molar-refractivity contribution is 1.01.